The van der Waals surface area contributed by atoms with Crippen molar-refractivity contribution < 1.29 is 0 Å². The van der Waals surface area contributed by atoms with E-state index in [0.29, 0.717) is 6.04 Å². The molecule has 0 spiro atoms. The molecule has 0 radical (unpaired) electrons. The van der Waals surface area contributed by atoms with Crippen molar-refractivity contribution in [2.45, 2.75) is 46.1 Å². The maximum atomic E-state index is 4.78. The molecule has 0 saturated carbocycles. The molecule has 0 aliphatic heterocycles. The Kier molecular flexibility index (Phi) is 4.55. The molecule has 114 valence electrons. The second kappa shape index (κ2) is 5.90. The maximum absolute atomic E-state index is 4.78. The summed E-state index contributed by atoms with van der Waals surface area (Å²) in [5, 5.41) is 7.54. The molecule has 0 amide bonds. The van der Waals surface area contributed by atoms with Crippen LogP contribution in [-0.4, -0.2) is 26.8 Å². The summed E-state index contributed by atoms with van der Waals surface area (Å²) >= 11 is 2.31. The number of anilines is 1. The normalized spacial score (nSPS) is 12.0. The van der Waals surface area contributed by atoms with E-state index < -0.39 is 0 Å². The lowest BCUT2D eigenvalue weighted by Gasteiger charge is -2.21. The molecule has 2 aromatic heterocycles. The van der Waals surface area contributed by atoms with E-state index in [4.69, 9.17) is 4.98 Å². The predicted molar refractivity (Wildman–Crippen MR) is 94.6 cm³/mol. The van der Waals surface area contributed by atoms with Gasteiger partial charge in [0, 0.05) is 24.7 Å². The molecule has 2 aromatic rings. The van der Waals surface area contributed by atoms with Crippen LogP contribution in [0.5, 0.6) is 0 Å². The minimum Gasteiger partial charge on any atom is -0.372 e. The van der Waals surface area contributed by atoms with Crippen molar-refractivity contribution in [1.29, 1.82) is 0 Å². The first-order chi connectivity index (χ1) is 9.74. The second-order valence-electron chi connectivity index (χ2n) is 6.36. The molecule has 0 fully saturated rings. The number of hydrogen-bond acceptors (Lipinski definition) is 4. The zero-order valence-electron chi connectivity index (χ0n) is 13.4. The van der Waals surface area contributed by atoms with Crippen LogP contribution in [0.25, 0.3) is 11.4 Å². The Labute approximate surface area is 139 Å². The van der Waals surface area contributed by atoms with Gasteiger partial charge in [-0.2, -0.15) is 5.10 Å². The molecule has 0 unspecified atom stereocenters. The van der Waals surface area contributed by atoms with Crippen LogP contribution in [0.1, 0.15) is 46.4 Å². The molecule has 0 aliphatic rings. The molecule has 0 aromatic carbocycles. The molecule has 0 bridgehead atoms. The fraction of sp³-hybridized carbons (Fsp3) is 0.533. The number of aromatic nitrogens is 4. The average molecular weight is 399 g/mol. The summed E-state index contributed by atoms with van der Waals surface area (Å²) in [5.74, 6) is 1.58. The first-order valence-corrected chi connectivity index (χ1v) is 8.12. The van der Waals surface area contributed by atoms with E-state index in [2.05, 4.69) is 72.6 Å². The molecular formula is C15H22IN5. The fourth-order valence-corrected chi connectivity index (χ4v) is 3.29. The highest BCUT2D eigenvalue weighted by molar-refractivity contribution is 14.1. The Morgan fingerprint density at radius 1 is 1.24 bits per heavy atom. The van der Waals surface area contributed by atoms with Crippen LogP contribution in [-0.2, 0) is 5.41 Å². The molecule has 0 saturated heterocycles. The molecular weight excluding hydrogens is 377 g/mol. The molecule has 2 heterocycles. The Balaban J connectivity index is 2.58. The molecule has 1 N–H and O–H groups in total. The maximum Gasteiger partial charge on any atom is 0.165 e. The quantitative estimate of drug-likeness (QED) is 0.797. The highest BCUT2D eigenvalue weighted by Gasteiger charge is 2.23. The van der Waals surface area contributed by atoms with Crippen molar-refractivity contribution in [3.8, 4) is 11.4 Å². The van der Waals surface area contributed by atoms with Crippen LogP contribution < -0.4 is 5.32 Å². The first kappa shape index (κ1) is 16.2. The van der Waals surface area contributed by atoms with Crippen LogP contribution in [0.2, 0.25) is 0 Å². The standard InChI is InChI=1S/C15H22IN5/c1-9(2)21-8-10(7-18-21)13-19-12(15(3,4)5)11(16)14(17-6)20-13/h7-9H,1-6H3,(H,17,19,20). The molecule has 0 aliphatic carbocycles. The third-order valence-electron chi connectivity index (χ3n) is 3.19. The zero-order valence-corrected chi connectivity index (χ0v) is 15.6. The number of halogens is 1. The van der Waals surface area contributed by atoms with Gasteiger partial charge in [-0.15, -0.1) is 0 Å². The van der Waals surface area contributed by atoms with Gasteiger partial charge in [-0.05, 0) is 36.4 Å². The van der Waals surface area contributed by atoms with Gasteiger partial charge in [0.25, 0.3) is 0 Å². The van der Waals surface area contributed by atoms with Crippen LogP contribution in [0.3, 0.4) is 0 Å². The summed E-state index contributed by atoms with van der Waals surface area (Å²) in [4.78, 5) is 9.41. The van der Waals surface area contributed by atoms with Crippen LogP contribution in [0.4, 0.5) is 5.82 Å². The summed E-state index contributed by atoms with van der Waals surface area (Å²) in [6.45, 7) is 10.7. The summed E-state index contributed by atoms with van der Waals surface area (Å²) < 4.78 is 2.99. The van der Waals surface area contributed by atoms with Gasteiger partial charge in [0.05, 0.1) is 21.0 Å². The van der Waals surface area contributed by atoms with Crippen molar-refractivity contribution in [3.63, 3.8) is 0 Å². The molecule has 2 rings (SSSR count). The third-order valence-corrected chi connectivity index (χ3v) is 4.21. The number of rotatable bonds is 3. The smallest absolute Gasteiger partial charge is 0.165 e. The number of nitrogens with zero attached hydrogens (tertiary/aromatic N) is 4. The van der Waals surface area contributed by atoms with Gasteiger partial charge in [-0.3, -0.25) is 4.68 Å². The summed E-state index contributed by atoms with van der Waals surface area (Å²) in [5.41, 5.74) is 1.96. The van der Waals surface area contributed by atoms with Crippen molar-refractivity contribution >= 4 is 28.4 Å². The van der Waals surface area contributed by atoms with E-state index in [9.17, 15) is 0 Å². The topological polar surface area (TPSA) is 55.6 Å². The minimum absolute atomic E-state index is 0.0339. The lowest BCUT2D eigenvalue weighted by Crippen LogP contribution is -2.18. The van der Waals surface area contributed by atoms with Gasteiger partial charge in [0.2, 0.25) is 0 Å². The van der Waals surface area contributed by atoms with Crippen LogP contribution >= 0.6 is 22.6 Å². The monoisotopic (exact) mass is 399 g/mol. The van der Waals surface area contributed by atoms with Gasteiger partial charge in [-0.1, -0.05) is 20.8 Å². The summed E-state index contributed by atoms with van der Waals surface area (Å²) in [6.07, 6.45) is 3.83. The van der Waals surface area contributed by atoms with Crippen molar-refractivity contribution in [3.05, 3.63) is 21.7 Å². The molecule has 5 nitrogen and oxygen atoms in total. The Morgan fingerprint density at radius 2 is 1.90 bits per heavy atom. The minimum atomic E-state index is -0.0339. The van der Waals surface area contributed by atoms with E-state index in [-0.39, 0.29) is 5.41 Å². The van der Waals surface area contributed by atoms with Gasteiger partial charge < -0.3 is 5.32 Å². The first-order valence-electron chi connectivity index (χ1n) is 7.04. The number of nitrogens with one attached hydrogen (secondary N) is 1. The van der Waals surface area contributed by atoms with E-state index in [1.807, 2.05) is 24.1 Å². The highest BCUT2D eigenvalue weighted by atomic mass is 127. The van der Waals surface area contributed by atoms with E-state index in [1.165, 1.54) is 0 Å². The van der Waals surface area contributed by atoms with Gasteiger partial charge in [0.1, 0.15) is 5.82 Å². The van der Waals surface area contributed by atoms with Gasteiger partial charge in [-0.25, -0.2) is 9.97 Å². The van der Waals surface area contributed by atoms with Gasteiger partial charge >= 0.3 is 0 Å². The van der Waals surface area contributed by atoms with Crippen molar-refractivity contribution in [2.24, 2.45) is 0 Å². The van der Waals surface area contributed by atoms with Crippen LogP contribution in [0, 0.1) is 3.57 Å². The van der Waals surface area contributed by atoms with E-state index in [0.717, 1.165) is 26.5 Å². The van der Waals surface area contributed by atoms with Crippen LogP contribution in [0.15, 0.2) is 12.4 Å². The second-order valence-corrected chi connectivity index (χ2v) is 7.44. The fourth-order valence-electron chi connectivity index (χ4n) is 1.97. The van der Waals surface area contributed by atoms with Crippen molar-refractivity contribution in [2.75, 3.05) is 12.4 Å². The molecule has 21 heavy (non-hydrogen) atoms. The summed E-state index contributed by atoms with van der Waals surface area (Å²) in [6, 6.07) is 0.327. The lowest BCUT2D eigenvalue weighted by atomic mass is 9.92. The Bertz CT molecular complexity index is 640. The van der Waals surface area contributed by atoms with E-state index in [1.54, 1.807) is 0 Å². The third kappa shape index (κ3) is 3.36. The summed E-state index contributed by atoms with van der Waals surface area (Å²) in [7, 11) is 1.89. The number of hydrogen-bond donors (Lipinski definition) is 1. The largest absolute Gasteiger partial charge is 0.372 e. The zero-order chi connectivity index (χ0) is 15.8. The highest BCUT2D eigenvalue weighted by Crippen LogP contribution is 2.31. The average Bonchev–Trinajstić information content (AvgIpc) is 2.87. The Hall–Kier alpha value is -1.18. The molecule has 6 heteroatoms. The predicted octanol–water partition coefficient (Wildman–Crippen LogP) is 3.86. The Morgan fingerprint density at radius 3 is 2.38 bits per heavy atom. The lowest BCUT2D eigenvalue weighted by molar-refractivity contribution is 0.532. The SMILES string of the molecule is CNc1nc(-c2cnn(C(C)C)c2)nc(C(C)(C)C)c1I. The van der Waals surface area contributed by atoms with Gasteiger partial charge in [0.15, 0.2) is 5.82 Å². The van der Waals surface area contributed by atoms with E-state index >= 15 is 0 Å². The molecule has 0 atom stereocenters. The van der Waals surface area contributed by atoms with Crippen molar-refractivity contribution in [1.82, 2.24) is 19.7 Å².